The molecule has 4 nitrogen and oxygen atoms in total. The third-order valence-electron chi connectivity index (χ3n) is 7.13. The van der Waals surface area contributed by atoms with Gasteiger partial charge in [0.1, 0.15) is 17.4 Å². The minimum Gasteiger partial charge on any atom is -0.507 e. The van der Waals surface area contributed by atoms with Crippen LogP contribution in [-0.2, 0) is 4.79 Å². The second-order valence-electron chi connectivity index (χ2n) is 10.4. The van der Waals surface area contributed by atoms with E-state index < -0.39 is 11.7 Å². The first kappa shape index (κ1) is 26.3. The van der Waals surface area contributed by atoms with Crippen molar-refractivity contribution in [2.75, 3.05) is 11.2 Å². The molecule has 3 aromatic rings. The van der Waals surface area contributed by atoms with Gasteiger partial charge in [-0.05, 0) is 84.3 Å². The molecular weight excluding hydrogens is 519 g/mol. The summed E-state index contributed by atoms with van der Waals surface area (Å²) in [5.41, 5.74) is 3.16. The van der Waals surface area contributed by atoms with Gasteiger partial charge in [0.2, 0.25) is 0 Å². The number of halogens is 2. The van der Waals surface area contributed by atoms with E-state index in [1.807, 2.05) is 44.4 Å². The quantitative estimate of drug-likeness (QED) is 0.255. The van der Waals surface area contributed by atoms with Crippen LogP contribution in [0.2, 0.25) is 5.02 Å². The topological polar surface area (TPSA) is 64.4 Å². The number of benzene rings is 3. The molecule has 3 aromatic carbocycles. The van der Waals surface area contributed by atoms with E-state index >= 15 is 0 Å². The molecule has 0 aromatic heterocycles. The number of anilines is 1. The summed E-state index contributed by atoms with van der Waals surface area (Å²) in [5, 5.41) is 21.7. The van der Waals surface area contributed by atoms with E-state index in [9.17, 15) is 19.7 Å². The second-order valence-corrected chi connectivity index (χ2v) is 11.8. The van der Waals surface area contributed by atoms with Crippen LogP contribution in [0.3, 0.4) is 0 Å². The number of carbonyl (C=O) groups is 1. The molecule has 0 amide bonds. The van der Waals surface area contributed by atoms with Crippen LogP contribution < -0.4 is 4.90 Å². The molecule has 1 unspecified atom stereocenters. The number of nitrogens with zero attached hydrogens (tertiary/aromatic N) is 1. The van der Waals surface area contributed by atoms with Crippen molar-refractivity contribution < 1.29 is 14.3 Å². The van der Waals surface area contributed by atoms with Crippen LogP contribution in [-0.4, -0.2) is 23.0 Å². The number of rotatable bonds is 4. The Morgan fingerprint density at radius 1 is 1.03 bits per heavy atom. The second kappa shape index (κ2) is 10.1. The highest BCUT2D eigenvalue weighted by molar-refractivity contribution is 7.98. The average molecular weight is 547 g/mol. The molecule has 38 heavy (non-hydrogen) atoms. The molecule has 0 radical (unpaired) electrons. The molecule has 0 fully saturated rings. The molecule has 0 saturated heterocycles. The van der Waals surface area contributed by atoms with Gasteiger partial charge in [-0.25, -0.2) is 4.39 Å². The zero-order chi connectivity index (χ0) is 27.2. The lowest BCUT2D eigenvalue weighted by molar-refractivity contribution is -0.118. The highest BCUT2D eigenvalue weighted by Crippen LogP contribution is 2.51. The number of amidine groups is 1. The Balaban J connectivity index is 1.83. The fourth-order valence-corrected chi connectivity index (χ4v) is 5.92. The molecular formula is C31H28ClFN2O2S. The number of Topliss-reactive ketones (excluding diaryl/α,β-unsaturated/α-hetero) is 1. The summed E-state index contributed by atoms with van der Waals surface area (Å²) in [5.74, 6) is -1.09. The van der Waals surface area contributed by atoms with Crippen molar-refractivity contribution in [2.24, 2.45) is 5.41 Å². The maximum Gasteiger partial charge on any atom is 0.162 e. The van der Waals surface area contributed by atoms with E-state index in [1.165, 1.54) is 12.1 Å². The molecule has 1 aliphatic carbocycles. The molecule has 0 spiro atoms. The summed E-state index contributed by atoms with van der Waals surface area (Å²) in [6.07, 6.45) is 2.91. The van der Waals surface area contributed by atoms with Crippen LogP contribution in [0.5, 0.6) is 0 Å². The van der Waals surface area contributed by atoms with E-state index in [4.69, 9.17) is 11.6 Å². The number of hydrogen-bond acceptors (Lipinski definition) is 4. The van der Waals surface area contributed by atoms with Gasteiger partial charge < -0.3 is 5.11 Å². The van der Waals surface area contributed by atoms with Crippen molar-refractivity contribution in [3.63, 3.8) is 0 Å². The summed E-state index contributed by atoms with van der Waals surface area (Å²) in [6, 6.07) is 20.5. The first-order valence-electron chi connectivity index (χ1n) is 12.3. The van der Waals surface area contributed by atoms with Crippen molar-refractivity contribution in [3.8, 4) is 0 Å². The minimum atomic E-state index is -0.635. The number of aliphatic hydroxyl groups is 1. The standard InChI is InChI=1S/C31H28ClFN2O2S/c1-31(2)16-24-27(25(36)17-31)26(18-6-14-23(38-3)15-7-18)28(29(37)19-4-8-20(32)9-5-19)30(34)35(24)22-12-10-21(33)11-13-22/h4-15,26,34,37H,16-17H2,1-3H3/b29-28+,34-30?. The van der Waals surface area contributed by atoms with Gasteiger partial charge in [0, 0.05) is 50.4 Å². The van der Waals surface area contributed by atoms with Crippen molar-refractivity contribution in [2.45, 2.75) is 37.5 Å². The highest BCUT2D eigenvalue weighted by Gasteiger charge is 2.46. The molecule has 194 valence electrons. The molecule has 2 aliphatic rings. The van der Waals surface area contributed by atoms with Crippen LogP contribution in [0.1, 0.15) is 43.7 Å². The van der Waals surface area contributed by atoms with E-state index in [1.54, 1.807) is 53.1 Å². The van der Waals surface area contributed by atoms with Crippen LogP contribution in [0, 0.1) is 16.6 Å². The number of ketones is 1. The van der Waals surface area contributed by atoms with Crippen molar-refractivity contribution in [1.29, 1.82) is 5.41 Å². The smallest absolute Gasteiger partial charge is 0.162 e. The van der Waals surface area contributed by atoms with Crippen LogP contribution in [0.4, 0.5) is 10.1 Å². The predicted octanol–water partition coefficient (Wildman–Crippen LogP) is 8.39. The Labute approximate surface area is 231 Å². The van der Waals surface area contributed by atoms with Gasteiger partial charge in [-0.3, -0.25) is 15.1 Å². The van der Waals surface area contributed by atoms with Crippen molar-refractivity contribution in [1.82, 2.24) is 0 Å². The summed E-state index contributed by atoms with van der Waals surface area (Å²) < 4.78 is 13.9. The molecule has 1 aliphatic heterocycles. The number of allylic oxidation sites excluding steroid dienone is 2. The Kier molecular flexibility index (Phi) is 6.97. The molecule has 7 heteroatoms. The van der Waals surface area contributed by atoms with Crippen molar-refractivity contribution in [3.05, 3.63) is 112 Å². The van der Waals surface area contributed by atoms with E-state index in [0.717, 1.165) is 16.2 Å². The number of thioether (sulfide) groups is 1. The van der Waals surface area contributed by atoms with Crippen LogP contribution >= 0.6 is 23.4 Å². The van der Waals surface area contributed by atoms with Gasteiger partial charge >= 0.3 is 0 Å². The lowest BCUT2D eigenvalue weighted by Gasteiger charge is -2.45. The number of hydrogen-bond donors (Lipinski definition) is 2. The molecule has 1 heterocycles. The van der Waals surface area contributed by atoms with Crippen LogP contribution in [0.15, 0.2) is 94.5 Å². The molecule has 1 atom stereocenters. The Morgan fingerprint density at radius 3 is 2.26 bits per heavy atom. The largest absolute Gasteiger partial charge is 0.507 e. The highest BCUT2D eigenvalue weighted by atomic mass is 35.5. The fraction of sp³-hybridized carbons (Fsp3) is 0.226. The SMILES string of the molecule is CSc1ccc(C2C3=C(CC(C)(C)CC3=O)N(c3ccc(F)cc3)C(=N)/C2=C(/O)c2ccc(Cl)cc2)cc1. The average Bonchev–Trinajstić information content (AvgIpc) is 2.88. The van der Waals surface area contributed by atoms with Gasteiger partial charge in [0.25, 0.3) is 0 Å². The summed E-state index contributed by atoms with van der Waals surface area (Å²) in [4.78, 5) is 16.7. The Hall–Kier alpha value is -3.35. The first-order valence-corrected chi connectivity index (χ1v) is 13.9. The van der Waals surface area contributed by atoms with Crippen LogP contribution in [0.25, 0.3) is 5.76 Å². The van der Waals surface area contributed by atoms with Gasteiger partial charge in [-0.1, -0.05) is 37.6 Å². The maximum atomic E-state index is 13.9. The Morgan fingerprint density at radius 2 is 1.66 bits per heavy atom. The minimum absolute atomic E-state index is 0.0174. The normalized spacial score (nSPS) is 20.4. The van der Waals surface area contributed by atoms with Gasteiger partial charge in [0.05, 0.1) is 0 Å². The summed E-state index contributed by atoms with van der Waals surface area (Å²) >= 11 is 7.72. The van der Waals surface area contributed by atoms with Gasteiger partial charge in [-0.2, -0.15) is 0 Å². The predicted molar refractivity (Wildman–Crippen MR) is 154 cm³/mol. The summed E-state index contributed by atoms with van der Waals surface area (Å²) in [6.45, 7) is 4.08. The van der Waals surface area contributed by atoms with E-state index in [0.29, 0.717) is 40.3 Å². The van der Waals surface area contributed by atoms with E-state index in [2.05, 4.69) is 0 Å². The Bertz CT molecular complexity index is 1480. The molecule has 2 N–H and O–H groups in total. The van der Waals surface area contributed by atoms with Gasteiger partial charge in [0.15, 0.2) is 5.78 Å². The monoisotopic (exact) mass is 546 g/mol. The zero-order valence-corrected chi connectivity index (χ0v) is 23.0. The molecule has 0 bridgehead atoms. The number of aliphatic hydroxyl groups excluding tert-OH is 1. The van der Waals surface area contributed by atoms with E-state index in [-0.39, 0.29) is 22.8 Å². The van der Waals surface area contributed by atoms with Crippen molar-refractivity contribution >= 4 is 46.4 Å². The number of carbonyl (C=O) groups excluding carboxylic acids is 1. The number of nitrogens with one attached hydrogen (secondary N) is 1. The zero-order valence-electron chi connectivity index (χ0n) is 21.4. The lowest BCUT2D eigenvalue weighted by Crippen LogP contribution is -2.45. The third kappa shape index (κ3) is 4.79. The molecule has 0 saturated carbocycles. The maximum absolute atomic E-state index is 13.9. The lowest BCUT2D eigenvalue weighted by atomic mass is 9.67. The third-order valence-corrected chi connectivity index (χ3v) is 8.12. The summed E-state index contributed by atoms with van der Waals surface area (Å²) in [7, 11) is 0. The fourth-order valence-electron chi connectivity index (χ4n) is 5.38. The van der Waals surface area contributed by atoms with Gasteiger partial charge in [-0.15, -0.1) is 11.8 Å². The first-order chi connectivity index (χ1) is 18.1. The molecule has 5 rings (SSSR count).